The molecule has 4 rings (SSSR count). The number of benzene rings is 4. The lowest BCUT2D eigenvalue weighted by atomic mass is 9.82. The third-order valence-electron chi connectivity index (χ3n) is 6.09. The van der Waals surface area contributed by atoms with Crippen molar-refractivity contribution in [2.24, 2.45) is 0 Å². The van der Waals surface area contributed by atoms with Gasteiger partial charge in [0.15, 0.2) is 0 Å². The van der Waals surface area contributed by atoms with Gasteiger partial charge in [0.1, 0.15) is 6.17 Å². The van der Waals surface area contributed by atoms with E-state index < -0.39 is 6.17 Å². The van der Waals surface area contributed by atoms with E-state index in [0.29, 0.717) is 5.56 Å². The van der Waals surface area contributed by atoms with Crippen molar-refractivity contribution >= 4 is 0 Å². The summed E-state index contributed by atoms with van der Waals surface area (Å²) in [6.07, 6.45) is 6.96. The summed E-state index contributed by atoms with van der Waals surface area (Å²) >= 11 is 0. The standard InChI is InChI=1S/C33H31F/c1-2-13-29(21-12-16-26-14-6-3-7-15-26)32(33(34)31-19-10-5-11-20-31)30-24-22-28(23-25-30)27-17-8-4-9-18-27/h3-15,17-25,32-33H,2,16H2,1H3/b21-12-,29-13+. The summed E-state index contributed by atoms with van der Waals surface area (Å²) in [7, 11) is 0. The van der Waals surface area contributed by atoms with E-state index in [9.17, 15) is 0 Å². The molecule has 4 aromatic carbocycles. The van der Waals surface area contributed by atoms with Gasteiger partial charge in [-0.15, -0.1) is 0 Å². The van der Waals surface area contributed by atoms with Crippen LogP contribution >= 0.6 is 0 Å². The van der Waals surface area contributed by atoms with Gasteiger partial charge in [-0.05, 0) is 46.2 Å². The van der Waals surface area contributed by atoms with Crippen LogP contribution in [0.25, 0.3) is 11.1 Å². The molecule has 0 aliphatic carbocycles. The average Bonchev–Trinajstić information content (AvgIpc) is 2.91. The molecule has 4 aromatic rings. The summed E-state index contributed by atoms with van der Waals surface area (Å²) in [5.41, 5.74) is 6.26. The third kappa shape index (κ3) is 5.99. The molecule has 0 heterocycles. The Bertz CT molecular complexity index is 1190. The van der Waals surface area contributed by atoms with Crippen LogP contribution in [0, 0.1) is 0 Å². The van der Waals surface area contributed by atoms with Gasteiger partial charge in [-0.1, -0.05) is 140 Å². The molecule has 1 heteroatoms. The molecule has 0 fully saturated rings. The molecule has 0 aliphatic heterocycles. The Morgan fingerprint density at radius 1 is 0.676 bits per heavy atom. The summed E-state index contributed by atoms with van der Waals surface area (Å²) in [6, 6.07) is 38.6. The van der Waals surface area contributed by atoms with Crippen molar-refractivity contribution in [3.63, 3.8) is 0 Å². The van der Waals surface area contributed by atoms with Crippen molar-refractivity contribution in [2.75, 3.05) is 0 Å². The van der Waals surface area contributed by atoms with Crippen LogP contribution in [0.5, 0.6) is 0 Å². The van der Waals surface area contributed by atoms with Crippen LogP contribution in [0.3, 0.4) is 0 Å². The Balaban J connectivity index is 1.68. The van der Waals surface area contributed by atoms with Crippen LogP contribution in [0.15, 0.2) is 139 Å². The topological polar surface area (TPSA) is 0 Å². The smallest absolute Gasteiger partial charge is 0.136 e. The molecule has 2 unspecified atom stereocenters. The maximum Gasteiger partial charge on any atom is 0.136 e. The normalized spacial score (nSPS) is 13.6. The van der Waals surface area contributed by atoms with E-state index in [1.54, 1.807) is 0 Å². The van der Waals surface area contributed by atoms with E-state index >= 15 is 4.39 Å². The molecular formula is C33H31F. The van der Waals surface area contributed by atoms with E-state index in [-0.39, 0.29) is 5.92 Å². The molecular weight excluding hydrogens is 415 g/mol. The lowest BCUT2D eigenvalue weighted by Crippen LogP contribution is -2.10. The first-order chi connectivity index (χ1) is 16.8. The van der Waals surface area contributed by atoms with Crippen LogP contribution in [0.1, 0.15) is 42.1 Å². The average molecular weight is 447 g/mol. The van der Waals surface area contributed by atoms with Crippen LogP contribution in [-0.4, -0.2) is 0 Å². The summed E-state index contributed by atoms with van der Waals surface area (Å²) in [4.78, 5) is 0. The quantitative estimate of drug-likeness (QED) is 0.225. The molecule has 0 spiro atoms. The van der Waals surface area contributed by atoms with E-state index in [1.807, 2.05) is 54.6 Å². The summed E-state index contributed by atoms with van der Waals surface area (Å²) < 4.78 is 16.2. The highest BCUT2D eigenvalue weighted by Gasteiger charge is 2.27. The van der Waals surface area contributed by atoms with Crippen LogP contribution < -0.4 is 0 Å². The first-order valence-corrected chi connectivity index (χ1v) is 12.0. The van der Waals surface area contributed by atoms with Gasteiger partial charge in [-0.2, -0.15) is 0 Å². The number of hydrogen-bond donors (Lipinski definition) is 0. The van der Waals surface area contributed by atoms with E-state index in [1.165, 1.54) is 5.56 Å². The van der Waals surface area contributed by atoms with Crippen molar-refractivity contribution < 1.29 is 4.39 Å². The minimum Gasteiger partial charge on any atom is -0.241 e. The van der Waals surface area contributed by atoms with Crippen molar-refractivity contribution in [1.82, 2.24) is 0 Å². The number of alkyl halides is 1. The van der Waals surface area contributed by atoms with Crippen LogP contribution in [0.2, 0.25) is 0 Å². The van der Waals surface area contributed by atoms with Gasteiger partial charge < -0.3 is 0 Å². The third-order valence-corrected chi connectivity index (χ3v) is 6.09. The SMILES string of the molecule is CC/C=C(\C=C/Cc1ccccc1)C(c1ccc(-c2ccccc2)cc1)C(F)c1ccccc1. The van der Waals surface area contributed by atoms with Crippen molar-refractivity contribution in [3.8, 4) is 11.1 Å². The maximum atomic E-state index is 16.2. The van der Waals surface area contributed by atoms with E-state index in [2.05, 4.69) is 85.8 Å². The zero-order valence-electron chi connectivity index (χ0n) is 19.6. The molecule has 170 valence electrons. The van der Waals surface area contributed by atoms with Crippen molar-refractivity contribution in [1.29, 1.82) is 0 Å². The van der Waals surface area contributed by atoms with E-state index in [4.69, 9.17) is 0 Å². The summed E-state index contributed by atoms with van der Waals surface area (Å²) in [5, 5.41) is 0. The van der Waals surface area contributed by atoms with Gasteiger partial charge in [-0.25, -0.2) is 4.39 Å². The second-order valence-corrected chi connectivity index (χ2v) is 8.48. The van der Waals surface area contributed by atoms with Gasteiger partial charge in [0.2, 0.25) is 0 Å². The highest BCUT2D eigenvalue weighted by Crippen LogP contribution is 2.41. The maximum absolute atomic E-state index is 16.2. The first kappa shape index (κ1) is 23.4. The Labute approximate surface area is 203 Å². The summed E-state index contributed by atoms with van der Waals surface area (Å²) in [5.74, 6) is -0.376. The largest absolute Gasteiger partial charge is 0.241 e. The Morgan fingerprint density at radius 3 is 1.85 bits per heavy atom. The fraction of sp³-hybridized carbons (Fsp3) is 0.152. The van der Waals surface area contributed by atoms with Gasteiger partial charge in [0.25, 0.3) is 0 Å². The number of hydrogen-bond acceptors (Lipinski definition) is 0. The minimum absolute atomic E-state index is 0.376. The minimum atomic E-state index is -1.14. The zero-order chi connectivity index (χ0) is 23.6. The Morgan fingerprint density at radius 2 is 1.24 bits per heavy atom. The Hall–Kier alpha value is -3.71. The predicted molar refractivity (Wildman–Crippen MR) is 143 cm³/mol. The molecule has 0 aliphatic rings. The van der Waals surface area contributed by atoms with Gasteiger partial charge in [0, 0.05) is 5.92 Å². The highest BCUT2D eigenvalue weighted by atomic mass is 19.1. The molecule has 0 aromatic heterocycles. The molecule has 0 radical (unpaired) electrons. The highest BCUT2D eigenvalue weighted by molar-refractivity contribution is 5.63. The fourth-order valence-electron chi connectivity index (χ4n) is 4.35. The van der Waals surface area contributed by atoms with Crippen LogP contribution in [-0.2, 0) is 6.42 Å². The number of halogens is 1. The lowest BCUT2D eigenvalue weighted by Gasteiger charge is -2.24. The summed E-state index contributed by atoms with van der Waals surface area (Å²) in [6.45, 7) is 2.11. The van der Waals surface area contributed by atoms with Gasteiger partial charge >= 0.3 is 0 Å². The van der Waals surface area contributed by atoms with Crippen molar-refractivity contribution in [2.45, 2.75) is 31.9 Å². The zero-order valence-corrected chi connectivity index (χ0v) is 19.6. The number of allylic oxidation sites excluding steroid dienone is 4. The molecule has 0 amide bonds. The molecule has 0 nitrogen and oxygen atoms in total. The molecule has 34 heavy (non-hydrogen) atoms. The van der Waals surface area contributed by atoms with Crippen LogP contribution in [0.4, 0.5) is 4.39 Å². The van der Waals surface area contributed by atoms with Gasteiger partial charge in [0.05, 0.1) is 0 Å². The lowest BCUT2D eigenvalue weighted by molar-refractivity contribution is 0.310. The molecule has 0 saturated heterocycles. The Kier molecular flexibility index (Phi) is 8.24. The molecule has 0 bridgehead atoms. The second-order valence-electron chi connectivity index (χ2n) is 8.48. The van der Waals surface area contributed by atoms with Crippen molar-refractivity contribution in [3.05, 3.63) is 156 Å². The number of rotatable bonds is 9. The van der Waals surface area contributed by atoms with E-state index in [0.717, 1.165) is 35.1 Å². The predicted octanol–water partition coefficient (Wildman–Crippen LogP) is 9.28. The molecule has 0 saturated carbocycles. The fourth-order valence-corrected chi connectivity index (χ4v) is 4.35. The monoisotopic (exact) mass is 446 g/mol. The molecule has 2 atom stereocenters. The second kappa shape index (κ2) is 12.0. The molecule has 0 N–H and O–H groups in total. The first-order valence-electron chi connectivity index (χ1n) is 12.0. The van der Waals surface area contributed by atoms with Gasteiger partial charge in [-0.3, -0.25) is 0 Å².